The number of nitrogens with one attached hydrogen (secondary N) is 4. The first-order valence-corrected chi connectivity index (χ1v) is 5.66. The highest BCUT2D eigenvalue weighted by molar-refractivity contribution is 6.02. The number of carbonyl (C=O) groups excluding carboxylic acids is 1. The Hall–Kier alpha value is -2.64. The first-order chi connectivity index (χ1) is 8.95. The van der Waals surface area contributed by atoms with Crippen LogP contribution in [0.2, 0.25) is 0 Å². The molecule has 0 spiro atoms. The second-order valence-electron chi connectivity index (χ2n) is 4.32. The Labute approximate surface area is 107 Å². The fourth-order valence-corrected chi connectivity index (χ4v) is 1.47. The molecule has 0 saturated carbocycles. The zero-order valence-electron chi connectivity index (χ0n) is 10.4. The van der Waals surface area contributed by atoms with E-state index in [1.165, 1.54) is 0 Å². The van der Waals surface area contributed by atoms with Crippen LogP contribution in [0.1, 0.15) is 35.9 Å². The van der Waals surface area contributed by atoms with E-state index in [2.05, 4.69) is 20.5 Å². The van der Waals surface area contributed by atoms with E-state index in [4.69, 9.17) is 0 Å². The van der Waals surface area contributed by atoms with Gasteiger partial charge in [0.1, 0.15) is 5.69 Å². The molecule has 1 amide bonds. The van der Waals surface area contributed by atoms with Crippen molar-refractivity contribution in [3.05, 3.63) is 44.4 Å². The monoisotopic (exact) mass is 263 g/mol. The van der Waals surface area contributed by atoms with Crippen LogP contribution in [0.15, 0.2) is 21.7 Å². The third kappa shape index (κ3) is 2.97. The van der Waals surface area contributed by atoms with Gasteiger partial charge in [-0.05, 0) is 5.92 Å². The van der Waals surface area contributed by atoms with Crippen LogP contribution in [-0.2, 0) is 0 Å². The summed E-state index contributed by atoms with van der Waals surface area (Å²) in [5, 5.41) is 9.18. The number of amides is 1. The van der Waals surface area contributed by atoms with Gasteiger partial charge in [0, 0.05) is 17.8 Å². The lowest BCUT2D eigenvalue weighted by molar-refractivity contribution is 0.102. The Bertz CT molecular complexity index is 681. The fourth-order valence-electron chi connectivity index (χ4n) is 1.47. The zero-order chi connectivity index (χ0) is 14.0. The highest BCUT2D eigenvalue weighted by Gasteiger charge is 2.11. The van der Waals surface area contributed by atoms with Crippen molar-refractivity contribution in [1.82, 2.24) is 20.2 Å². The van der Waals surface area contributed by atoms with Crippen LogP contribution in [0, 0.1) is 0 Å². The van der Waals surface area contributed by atoms with E-state index in [9.17, 15) is 14.4 Å². The topological polar surface area (TPSA) is 124 Å². The molecule has 2 aromatic rings. The van der Waals surface area contributed by atoms with Gasteiger partial charge in [-0.3, -0.25) is 19.7 Å². The van der Waals surface area contributed by atoms with Gasteiger partial charge in [-0.25, -0.2) is 4.79 Å². The van der Waals surface area contributed by atoms with Gasteiger partial charge in [-0.15, -0.1) is 0 Å². The quantitative estimate of drug-likeness (QED) is 0.629. The Kier molecular flexibility index (Phi) is 3.32. The number of aromatic nitrogens is 4. The summed E-state index contributed by atoms with van der Waals surface area (Å²) in [5.41, 5.74) is -0.626. The molecule has 0 aliphatic heterocycles. The van der Waals surface area contributed by atoms with E-state index in [1.54, 1.807) is 6.07 Å². The Morgan fingerprint density at radius 2 is 2.00 bits per heavy atom. The van der Waals surface area contributed by atoms with Crippen molar-refractivity contribution in [3.8, 4) is 0 Å². The molecular weight excluding hydrogens is 250 g/mol. The summed E-state index contributed by atoms with van der Waals surface area (Å²) in [6, 6.07) is 2.70. The first kappa shape index (κ1) is 12.8. The number of aromatic amines is 3. The van der Waals surface area contributed by atoms with E-state index in [0.717, 1.165) is 11.8 Å². The molecule has 100 valence electrons. The number of rotatable bonds is 3. The Balaban J connectivity index is 2.20. The molecule has 0 radical (unpaired) electrons. The van der Waals surface area contributed by atoms with Gasteiger partial charge in [-0.2, -0.15) is 5.10 Å². The van der Waals surface area contributed by atoms with Gasteiger partial charge in [0.15, 0.2) is 5.82 Å². The maximum Gasteiger partial charge on any atom is 0.326 e. The van der Waals surface area contributed by atoms with E-state index in [0.29, 0.717) is 5.82 Å². The van der Waals surface area contributed by atoms with Crippen molar-refractivity contribution < 1.29 is 4.79 Å². The molecule has 0 bridgehead atoms. The summed E-state index contributed by atoms with van der Waals surface area (Å²) in [6.07, 6.45) is 0. The van der Waals surface area contributed by atoms with Crippen molar-refractivity contribution in [2.45, 2.75) is 19.8 Å². The van der Waals surface area contributed by atoms with Crippen LogP contribution in [0.5, 0.6) is 0 Å². The largest absolute Gasteiger partial charge is 0.326 e. The highest BCUT2D eigenvalue weighted by atomic mass is 16.2. The van der Waals surface area contributed by atoms with Crippen molar-refractivity contribution in [3.63, 3.8) is 0 Å². The minimum Gasteiger partial charge on any atom is -0.304 e. The maximum absolute atomic E-state index is 11.8. The molecule has 19 heavy (non-hydrogen) atoms. The second-order valence-corrected chi connectivity index (χ2v) is 4.32. The predicted octanol–water partition coefficient (Wildman–Crippen LogP) is 0.162. The molecular formula is C11H13N5O3. The molecule has 2 rings (SSSR count). The van der Waals surface area contributed by atoms with Crippen LogP contribution in [0.25, 0.3) is 0 Å². The number of hydrogen-bond donors (Lipinski definition) is 4. The van der Waals surface area contributed by atoms with Crippen LogP contribution >= 0.6 is 0 Å². The average molecular weight is 263 g/mol. The summed E-state index contributed by atoms with van der Waals surface area (Å²) < 4.78 is 0. The van der Waals surface area contributed by atoms with Crippen LogP contribution < -0.4 is 16.6 Å². The van der Waals surface area contributed by atoms with Crippen molar-refractivity contribution in [1.29, 1.82) is 0 Å². The van der Waals surface area contributed by atoms with Crippen molar-refractivity contribution >= 4 is 11.7 Å². The summed E-state index contributed by atoms with van der Waals surface area (Å²) in [5.74, 6) is -0.0302. The first-order valence-electron chi connectivity index (χ1n) is 5.66. The van der Waals surface area contributed by atoms with Gasteiger partial charge in [0.25, 0.3) is 11.5 Å². The molecule has 0 aromatic carbocycles. The number of anilines is 1. The SMILES string of the molecule is CC(C)c1cc(NC(=O)c2cc(=O)[nH]c(=O)[nH]2)n[nH]1. The standard InChI is InChI=1S/C11H13N5O3/c1-5(2)6-3-8(16-15-6)13-10(18)7-4-9(17)14-11(19)12-7/h3-5H,1-2H3,(H2,12,14,17,19)(H2,13,15,16,18). The molecule has 2 aromatic heterocycles. The molecule has 8 nitrogen and oxygen atoms in total. The summed E-state index contributed by atoms with van der Waals surface area (Å²) >= 11 is 0. The zero-order valence-corrected chi connectivity index (χ0v) is 10.4. The minimum absolute atomic E-state index is 0.122. The van der Waals surface area contributed by atoms with Gasteiger partial charge >= 0.3 is 5.69 Å². The minimum atomic E-state index is -0.734. The lowest BCUT2D eigenvalue weighted by Crippen LogP contribution is -2.27. The maximum atomic E-state index is 11.8. The molecule has 0 atom stereocenters. The molecule has 2 heterocycles. The fraction of sp³-hybridized carbons (Fsp3) is 0.273. The van der Waals surface area contributed by atoms with Gasteiger partial charge in [0.2, 0.25) is 0 Å². The summed E-state index contributed by atoms with van der Waals surface area (Å²) in [7, 11) is 0. The average Bonchev–Trinajstić information content (AvgIpc) is 2.76. The third-order valence-electron chi connectivity index (χ3n) is 2.47. The molecule has 8 heteroatoms. The molecule has 0 unspecified atom stereocenters. The molecule has 4 N–H and O–H groups in total. The smallest absolute Gasteiger partial charge is 0.304 e. The lowest BCUT2D eigenvalue weighted by Gasteiger charge is -2.00. The van der Waals surface area contributed by atoms with Crippen molar-refractivity contribution in [2.24, 2.45) is 0 Å². The summed E-state index contributed by atoms with van der Waals surface area (Å²) in [6.45, 7) is 3.96. The molecule has 0 aliphatic rings. The lowest BCUT2D eigenvalue weighted by atomic mass is 10.1. The molecule has 0 saturated heterocycles. The van der Waals surface area contributed by atoms with E-state index < -0.39 is 17.2 Å². The van der Waals surface area contributed by atoms with Crippen molar-refractivity contribution in [2.75, 3.05) is 5.32 Å². The summed E-state index contributed by atoms with van der Waals surface area (Å²) in [4.78, 5) is 38.2. The molecule has 0 fully saturated rings. The van der Waals surface area contributed by atoms with E-state index >= 15 is 0 Å². The normalized spacial score (nSPS) is 10.7. The predicted molar refractivity (Wildman–Crippen MR) is 68.3 cm³/mol. The number of H-pyrrole nitrogens is 3. The van der Waals surface area contributed by atoms with Gasteiger partial charge in [-0.1, -0.05) is 13.8 Å². The number of hydrogen-bond acceptors (Lipinski definition) is 4. The van der Waals surface area contributed by atoms with E-state index in [1.807, 2.05) is 18.8 Å². The second kappa shape index (κ2) is 4.92. The highest BCUT2D eigenvalue weighted by Crippen LogP contribution is 2.14. The Morgan fingerprint density at radius 3 is 2.58 bits per heavy atom. The van der Waals surface area contributed by atoms with Crippen LogP contribution in [0.3, 0.4) is 0 Å². The van der Waals surface area contributed by atoms with E-state index in [-0.39, 0.29) is 11.6 Å². The number of nitrogens with zero attached hydrogens (tertiary/aromatic N) is 1. The van der Waals surface area contributed by atoms with Crippen LogP contribution in [0.4, 0.5) is 5.82 Å². The third-order valence-corrected chi connectivity index (χ3v) is 2.47. The molecule has 0 aliphatic carbocycles. The van der Waals surface area contributed by atoms with Gasteiger partial charge in [0.05, 0.1) is 0 Å². The Morgan fingerprint density at radius 1 is 1.26 bits per heavy atom. The van der Waals surface area contributed by atoms with Crippen LogP contribution in [-0.4, -0.2) is 26.1 Å². The number of carbonyl (C=O) groups is 1. The van der Waals surface area contributed by atoms with Gasteiger partial charge < -0.3 is 10.3 Å².